The summed E-state index contributed by atoms with van der Waals surface area (Å²) >= 11 is 0. The third-order valence-corrected chi connectivity index (χ3v) is 4.41. The van der Waals surface area contributed by atoms with E-state index in [1.807, 2.05) is 18.7 Å². The minimum atomic E-state index is -0.351. The van der Waals surface area contributed by atoms with Crippen LogP contribution in [0, 0.1) is 5.92 Å². The van der Waals surface area contributed by atoms with Gasteiger partial charge in [-0.1, -0.05) is 40.0 Å². The Morgan fingerprint density at radius 2 is 1.79 bits per heavy atom. The van der Waals surface area contributed by atoms with E-state index in [4.69, 9.17) is 0 Å². The van der Waals surface area contributed by atoms with E-state index in [0.717, 1.165) is 25.7 Å². The summed E-state index contributed by atoms with van der Waals surface area (Å²) in [5.41, 5.74) is 0. The molecule has 1 fully saturated rings. The van der Waals surface area contributed by atoms with Gasteiger partial charge in [-0.15, -0.1) is 0 Å². The zero-order valence-corrected chi connectivity index (χ0v) is 12.9. The van der Waals surface area contributed by atoms with Gasteiger partial charge >= 0.3 is 0 Å². The molecule has 1 aliphatic heterocycles. The third-order valence-electron chi connectivity index (χ3n) is 4.41. The Labute approximate surface area is 116 Å². The average Bonchev–Trinajstić information content (AvgIpc) is 2.38. The number of rotatable bonds is 6. The van der Waals surface area contributed by atoms with E-state index in [9.17, 15) is 9.59 Å². The van der Waals surface area contributed by atoms with Crippen molar-refractivity contribution in [3.8, 4) is 0 Å². The number of nitrogens with zero attached hydrogens (tertiary/aromatic N) is 1. The molecule has 110 valence electrons. The summed E-state index contributed by atoms with van der Waals surface area (Å²) in [4.78, 5) is 26.4. The number of nitrogens with one attached hydrogen (secondary N) is 1. The third kappa shape index (κ3) is 3.28. The standard InChI is InChI=1S/C15H28N2O2/c1-6-9-13-15(19)17(11(5)14(18)16-13)10(4)12(7-2)8-3/h10-13H,6-9H2,1-5H3,(H,16,18). The van der Waals surface area contributed by atoms with Crippen LogP contribution in [0.4, 0.5) is 0 Å². The van der Waals surface area contributed by atoms with Gasteiger partial charge in [-0.3, -0.25) is 9.59 Å². The van der Waals surface area contributed by atoms with Crippen LogP contribution >= 0.6 is 0 Å². The maximum absolute atomic E-state index is 12.6. The predicted octanol–water partition coefficient (Wildman–Crippen LogP) is 2.33. The smallest absolute Gasteiger partial charge is 0.246 e. The molecule has 4 nitrogen and oxygen atoms in total. The van der Waals surface area contributed by atoms with Gasteiger partial charge in [0.1, 0.15) is 12.1 Å². The molecule has 1 aliphatic rings. The predicted molar refractivity (Wildman–Crippen MR) is 76.7 cm³/mol. The van der Waals surface area contributed by atoms with Crippen molar-refractivity contribution in [3.63, 3.8) is 0 Å². The second-order valence-electron chi connectivity index (χ2n) is 5.59. The Kier molecular flexibility index (Phi) is 5.83. The molecule has 0 aromatic rings. The number of piperazine rings is 1. The molecule has 0 aliphatic carbocycles. The topological polar surface area (TPSA) is 49.4 Å². The van der Waals surface area contributed by atoms with Crippen LogP contribution in [-0.4, -0.2) is 34.8 Å². The Hall–Kier alpha value is -1.06. The number of amides is 2. The van der Waals surface area contributed by atoms with Crippen molar-refractivity contribution in [2.45, 2.75) is 78.4 Å². The molecular formula is C15H28N2O2. The molecule has 0 bridgehead atoms. The molecule has 4 heteroatoms. The van der Waals surface area contributed by atoms with Crippen LogP contribution in [0.2, 0.25) is 0 Å². The SMILES string of the molecule is CCCC1NC(=O)C(C)N(C(C)C(CC)CC)C1=O. The molecular weight excluding hydrogens is 240 g/mol. The van der Waals surface area contributed by atoms with Crippen LogP contribution < -0.4 is 5.32 Å². The Morgan fingerprint density at radius 3 is 2.26 bits per heavy atom. The molecule has 19 heavy (non-hydrogen) atoms. The summed E-state index contributed by atoms with van der Waals surface area (Å²) < 4.78 is 0. The average molecular weight is 268 g/mol. The minimum Gasteiger partial charge on any atom is -0.343 e. The first kappa shape index (κ1) is 16.0. The zero-order valence-electron chi connectivity index (χ0n) is 12.9. The normalized spacial score (nSPS) is 25.7. The van der Waals surface area contributed by atoms with Crippen molar-refractivity contribution in [1.29, 1.82) is 0 Å². The van der Waals surface area contributed by atoms with Crippen LogP contribution in [0.3, 0.4) is 0 Å². The molecule has 1 rings (SSSR count). The second-order valence-corrected chi connectivity index (χ2v) is 5.59. The summed E-state index contributed by atoms with van der Waals surface area (Å²) in [7, 11) is 0. The van der Waals surface area contributed by atoms with Crippen molar-refractivity contribution in [3.05, 3.63) is 0 Å². The molecule has 1 N–H and O–H groups in total. The lowest BCUT2D eigenvalue weighted by atomic mass is 9.91. The summed E-state index contributed by atoms with van der Waals surface area (Å²) in [5.74, 6) is 0.531. The second kappa shape index (κ2) is 6.92. The first-order chi connectivity index (χ1) is 8.97. The molecule has 0 aromatic heterocycles. The number of hydrogen-bond acceptors (Lipinski definition) is 2. The van der Waals surface area contributed by atoms with Crippen LogP contribution in [0.15, 0.2) is 0 Å². The van der Waals surface area contributed by atoms with E-state index in [-0.39, 0.29) is 29.9 Å². The largest absolute Gasteiger partial charge is 0.343 e. The van der Waals surface area contributed by atoms with Crippen molar-refractivity contribution in [2.24, 2.45) is 5.92 Å². The zero-order chi connectivity index (χ0) is 14.6. The fraction of sp³-hybridized carbons (Fsp3) is 0.867. The van der Waals surface area contributed by atoms with Crippen molar-refractivity contribution in [2.75, 3.05) is 0 Å². The van der Waals surface area contributed by atoms with Crippen molar-refractivity contribution < 1.29 is 9.59 Å². The van der Waals surface area contributed by atoms with Gasteiger partial charge in [0.15, 0.2) is 0 Å². The van der Waals surface area contributed by atoms with Gasteiger partial charge in [-0.25, -0.2) is 0 Å². The highest BCUT2D eigenvalue weighted by molar-refractivity contribution is 5.96. The molecule has 0 radical (unpaired) electrons. The molecule has 0 saturated carbocycles. The molecule has 3 unspecified atom stereocenters. The summed E-state index contributed by atoms with van der Waals surface area (Å²) in [6.45, 7) is 10.2. The van der Waals surface area contributed by atoms with Crippen LogP contribution in [-0.2, 0) is 9.59 Å². The highest BCUT2D eigenvalue weighted by atomic mass is 16.2. The molecule has 1 saturated heterocycles. The minimum absolute atomic E-state index is 0.0177. The first-order valence-electron chi connectivity index (χ1n) is 7.60. The van der Waals surface area contributed by atoms with E-state index < -0.39 is 0 Å². The van der Waals surface area contributed by atoms with Gasteiger partial charge < -0.3 is 10.2 Å². The Balaban J connectivity index is 2.93. The van der Waals surface area contributed by atoms with Gasteiger partial charge in [-0.2, -0.15) is 0 Å². The maximum Gasteiger partial charge on any atom is 0.246 e. The first-order valence-corrected chi connectivity index (χ1v) is 7.60. The van der Waals surface area contributed by atoms with Gasteiger partial charge in [-0.05, 0) is 26.2 Å². The van der Waals surface area contributed by atoms with E-state index in [2.05, 4.69) is 26.1 Å². The van der Waals surface area contributed by atoms with E-state index >= 15 is 0 Å². The summed E-state index contributed by atoms with van der Waals surface area (Å²) in [6.07, 6.45) is 3.70. The lowest BCUT2D eigenvalue weighted by Crippen LogP contribution is -2.65. The fourth-order valence-electron chi connectivity index (χ4n) is 3.09. The van der Waals surface area contributed by atoms with Crippen LogP contribution in [0.25, 0.3) is 0 Å². The van der Waals surface area contributed by atoms with E-state index in [1.165, 1.54) is 0 Å². The molecule has 1 heterocycles. The van der Waals surface area contributed by atoms with Gasteiger partial charge in [0.05, 0.1) is 0 Å². The number of carbonyl (C=O) groups excluding carboxylic acids is 2. The van der Waals surface area contributed by atoms with Crippen molar-refractivity contribution >= 4 is 11.8 Å². The van der Waals surface area contributed by atoms with Crippen LogP contribution in [0.1, 0.15) is 60.3 Å². The van der Waals surface area contributed by atoms with E-state index in [0.29, 0.717) is 5.92 Å². The van der Waals surface area contributed by atoms with Gasteiger partial charge in [0.2, 0.25) is 11.8 Å². The van der Waals surface area contributed by atoms with E-state index in [1.54, 1.807) is 0 Å². The number of hydrogen-bond donors (Lipinski definition) is 1. The Morgan fingerprint density at radius 1 is 1.21 bits per heavy atom. The monoisotopic (exact) mass is 268 g/mol. The van der Waals surface area contributed by atoms with Gasteiger partial charge in [0.25, 0.3) is 0 Å². The Bertz CT molecular complexity index is 326. The maximum atomic E-state index is 12.6. The quantitative estimate of drug-likeness (QED) is 0.803. The highest BCUT2D eigenvalue weighted by Gasteiger charge is 2.41. The molecule has 3 atom stereocenters. The fourth-order valence-corrected chi connectivity index (χ4v) is 3.09. The lowest BCUT2D eigenvalue weighted by molar-refractivity contribution is -0.152. The lowest BCUT2D eigenvalue weighted by Gasteiger charge is -2.43. The highest BCUT2D eigenvalue weighted by Crippen LogP contribution is 2.24. The molecule has 0 spiro atoms. The van der Waals surface area contributed by atoms with Crippen molar-refractivity contribution in [1.82, 2.24) is 10.2 Å². The van der Waals surface area contributed by atoms with Crippen LogP contribution in [0.5, 0.6) is 0 Å². The summed E-state index contributed by atoms with van der Waals surface area (Å²) in [6, 6.07) is -0.551. The number of carbonyl (C=O) groups is 2. The van der Waals surface area contributed by atoms with Gasteiger partial charge in [0, 0.05) is 6.04 Å². The molecule has 0 aromatic carbocycles. The molecule has 2 amide bonds. The summed E-state index contributed by atoms with van der Waals surface area (Å²) in [5, 5.41) is 2.85.